The lowest BCUT2D eigenvalue weighted by Gasteiger charge is -2.02. The van der Waals surface area contributed by atoms with E-state index in [4.69, 9.17) is 20.8 Å². The van der Waals surface area contributed by atoms with Crippen LogP contribution in [0.15, 0.2) is 4.42 Å². The molecule has 12 heavy (non-hydrogen) atoms. The molecule has 0 unspecified atom stereocenters. The Hall–Kier alpha value is -0.610. The van der Waals surface area contributed by atoms with Crippen LogP contribution in [0.5, 0.6) is 0 Å². The molecule has 1 aromatic rings. The van der Waals surface area contributed by atoms with Crippen molar-refractivity contribution in [3.05, 3.63) is 11.8 Å². The van der Waals surface area contributed by atoms with Gasteiger partial charge in [-0.2, -0.15) is 0 Å². The molecule has 68 valence electrons. The van der Waals surface area contributed by atoms with E-state index >= 15 is 0 Å². The maximum atomic E-state index is 5.47. The monoisotopic (exact) mass is 190 g/mol. The van der Waals surface area contributed by atoms with E-state index in [0.29, 0.717) is 18.4 Å². The van der Waals surface area contributed by atoms with Gasteiger partial charge in [-0.25, -0.2) is 0 Å². The molecule has 0 fully saturated rings. The molecular weight excluding hydrogens is 180 g/mol. The van der Waals surface area contributed by atoms with E-state index in [1.165, 1.54) is 0 Å². The van der Waals surface area contributed by atoms with Gasteiger partial charge in [0.2, 0.25) is 11.8 Å². The van der Waals surface area contributed by atoms with E-state index in [0.717, 1.165) is 0 Å². The summed E-state index contributed by atoms with van der Waals surface area (Å²) in [7, 11) is 0. The Bertz CT molecular complexity index is 237. The highest BCUT2D eigenvalue weighted by Crippen LogP contribution is 2.04. The lowest BCUT2D eigenvalue weighted by molar-refractivity contribution is 0.0512. The van der Waals surface area contributed by atoms with Gasteiger partial charge in [-0.05, 0) is 13.8 Å². The summed E-state index contributed by atoms with van der Waals surface area (Å²) in [6.07, 6.45) is 0.163. The van der Waals surface area contributed by atoms with Crippen molar-refractivity contribution >= 4 is 11.6 Å². The van der Waals surface area contributed by atoms with Gasteiger partial charge in [-0.15, -0.1) is 21.8 Å². The molecule has 1 heterocycles. The average Bonchev–Trinajstić information content (AvgIpc) is 2.48. The lowest BCUT2D eigenvalue weighted by atomic mass is 10.5. The minimum atomic E-state index is 0.163. The second kappa shape index (κ2) is 4.42. The van der Waals surface area contributed by atoms with Gasteiger partial charge in [0.1, 0.15) is 12.5 Å². The smallest absolute Gasteiger partial charge is 0.242 e. The molecular formula is C7H11ClN2O2. The van der Waals surface area contributed by atoms with Crippen LogP contribution in [0.1, 0.15) is 25.6 Å². The van der Waals surface area contributed by atoms with Crippen LogP contribution in [0.25, 0.3) is 0 Å². The van der Waals surface area contributed by atoms with Gasteiger partial charge in [-0.1, -0.05) is 0 Å². The molecule has 0 N–H and O–H groups in total. The Morgan fingerprint density at radius 2 is 2.08 bits per heavy atom. The molecule has 0 amide bonds. The highest BCUT2D eigenvalue weighted by atomic mass is 35.5. The molecule has 0 spiro atoms. The molecule has 0 saturated carbocycles. The Balaban J connectivity index is 2.41. The zero-order valence-electron chi connectivity index (χ0n) is 7.08. The number of aromatic nitrogens is 2. The number of hydrogen-bond donors (Lipinski definition) is 0. The van der Waals surface area contributed by atoms with Crippen molar-refractivity contribution in [1.29, 1.82) is 0 Å². The largest absolute Gasteiger partial charge is 0.421 e. The highest BCUT2D eigenvalue weighted by molar-refractivity contribution is 6.16. The minimum absolute atomic E-state index is 0.163. The number of rotatable bonds is 4. The van der Waals surface area contributed by atoms with Gasteiger partial charge in [0, 0.05) is 0 Å². The van der Waals surface area contributed by atoms with E-state index in [-0.39, 0.29) is 12.0 Å². The second-order valence-electron chi connectivity index (χ2n) is 2.58. The van der Waals surface area contributed by atoms with Crippen LogP contribution in [0.3, 0.4) is 0 Å². The van der Waals surface area contributed by atoms with Crippen molar-refractivity contribution in [3.8, 4) is 0 Å². The Labute approximate surface area is 75.9 Å². The van der Waals surface area contributed by atoms with Crippen LogP contribution in [0, 0.1) is 0 Å². The predicted octanol–water partition coefficient (Wildman–Crippen LogP) is 1.73. The molecule has 5 heteroatoms. The van der Waals surface area contributed by atoms with Crippen molar-refractivity contribution in [2.24, 2.45) is 0 Å². The maximum Gasteiger partial charge on any atom is 0.242 e. The third-order valence-corrected chi connectivity index (χ3v) is 1.39. The van der Waals surface area contributed by atoms with Crippen LogP contribution in [-0.4, -0.2) is 16.3 Å². The van der Waals surface area contributed by atoms with Crippen molar-refractivity contribution in [2.75, 3.05) is 0 Å². The van der Waals surface area contributed by atoms with Crippen LogP contribution < -0.4 is 0 Å². The summed E-state index contributed by atoms with van der Waals surface area (Å²) < 4.78 is 10.4. The molecule has 0 aliphatic carbocycles. The van der Waals surface area contributed by atoms with Gasteiger partial charge in [-0.3, -0.25) is 0 Å². The maximum absolute atomic E-state index is 5.47. The van der Waals surface area contributed by atoms with Crippen LogP contribution in [0.4, 0.5) is 0 Å². The van der Waals surface area contributed by atoms with Crippen molar-refractivity contribution < 1.29 is 9.15 Å². The third kappa shape index (κ3) is 2.79. The zero-order chi connectivity index (χ0) is 8.97. The van der Waals surface area contributed by atoms with E-state index in [1.54, 1.807) is 0 Å². The Morgan fingerprint density at radius 3 is 2.58 bits per heavy atom. The van der Waals surface area contributed by atoms with Crippen LogP contribution in [-0.2, 0) is 17.2 Å². The summed E-state index contributed by atoms with van der Waals surface area (Å²) in [6.45, 7) is 4.24. The first kappa shape index (κ1) is 9.48. The lowest BCUT2D eigenvalue weighted by Crippen LogP contribution is -2.02. The van der Waals surface area contributed by atoms with Crippen LogP contribution >= 0.6 is 11.6 Å². The zero-order valence-corrected chi connectivity index (χ0v) is 7.84. The molecule has 0 saturated heterocycles. The summed E-state index contributed by atoms with van der Waals surface area (Å²) in [4.78, 5) is 0. The number of halogens is 1. The van der Waals surface area contributed by atoms with Crippen molar-refractivity contribution in [1.82, 2.24) is 10.2 Å². The Kier molecular flexibility index (Phi) is 3.49. The molecule has 0 aliphatic heterocycles. The first-order chi connectivity index (χ1) is 5.72. The van der Waals surface area contributed by atoms with E-state index in [9.17, 15) is 0 Å². The number of nitrogens with zero attached hydrogens (tertiary/aromatic N) is 2. The fraction of sp³-hybridized carbons (Fsp3) is 0.714. The van der Waals surface area contributed by atoms with Gasteiger partial charge in [0.25, 0.3) is 0 Å². The van der Waals surface area contributed by atoms with Gasteiger partial charge < -0.3 is 9.15 Å². The fourth-order valence-electron chi connectivity index (χ4n) is 0.639. The van der Waals surface area contributed by atoms with Crippen LogP contribution in [0.2, 0.25) is 0 Å². The summed E-state index contributed by atoms with van der Waals surface area (Å²) >= 11 is 5.47. The van der Waals surface area contributed by atoms with Gasteiger partial charge in [0.15, 0.2) is 0 Å². The molecule has 0 radical (unpaired) electrons. The topological polar surface area (TPSA) is 48.2 Å². The van der Waals surface area contributed by atoms with E-state index in [1.807, 2.05) is 13.8 Å². The van der Waals surface area contributed by atoms with Crippen molar-refractivity contribution in [3.63, 3.8) is 0 Å². The summed E-state index contributed by atoms with van der Waals surface area (Å²) in [5.74, 6) is 1.15. The molecule has 0 bridgehead atoms. The SMILES string of the molecule is CC(C)OCc1nnc(CCl)o1. The van der Waals surface area contributed by atoms with Gasteiger partial charge >= 0.3 is 0 Å². The minimum Gasteiger partial charge on any atom is -0.421 e. The average molecular weight is 191 g/mol. The van der Waals surface area contributed by atoms with E-state index in [2.05, 4.69) is 10.2 Å². The number of hydrogen-bond acceptors (Lipinski definition) is 4. The van der Waals surface area contributed by atoms with E-state index < -0.39 is 0 Å². The standard InChI is InChI=1S/C7H11ClN2O2/c1-5(2)11-4-7-10-9-6(3-8)12-7/h5H,3-4H2,1-2H3. The molecule has 0 aromatic carbocycles. The summed E-state index contributed by atoms with van der Waals surface area (Å²) in [5.41, 5.74) is 0. The quantitative estimate of drug-likeness (QED) is 0.679. The van der Waals surface area contributed by atoms with Gasteiger partial charge in [0.05, 0.1) is 6.10 Å². The molecule has 1 aromatic heterocycles. The van der Waals surface area contributed by atoms with Crippen molar-refractivity contribution in [2.45, 2.75) is 32.4 Å². The predicted molar refractivity (Wildman–Crippen MR) is 43.8 cm³/mol. The number of ether oxygens (including phenoxy) is 1. The molecule has 0 atom stereocenters. The Morgan fingerprint density at radius 1 is 1.42 bits per heavy atom. The molecule has 0 aliphatic rings. The second-order valence-corrected chi connectivity index (χ2v) is 2.85. The highest BCUT2D eigenvalue weighted by Gasteiger charge is 2.05. The summed E-state index contributed by atoms with van der Waals surface area (Å²) in [6, 6.07) is 0. The normalized spacial score (nSPS) is 11.0. The third-order valence-electron chi connectivity index (χ3n) is 1.16. The first-order valence-corrected chi connectivity index (χ1v) is 4.24. The molecule has 1 rings (SSSR count). The number of alkyl halides is 1. The fourth-order valence-corrected chi connectivity index (χ4v) is 0.747. The summed E-state index contributed by atoms with van der Waals surface area (Å²) in [5, 5.41) is 7.42. The first-order valence-electron chi connectivity index (χ1n) is 3.71. The molecule has 4 nitrogen and oxygen atoms in total.